The minimum absolute atomic E-state index is 0.242. The van der Waals surface area contributed by atoms with Crippen molar-refractivity contribution in [1.82, 2.24) is 5.16 Å². The summed E-state index contributed by atoms with van der Waals surface area (Å²) in [6.07, 6.45) is 0. The summed E-state index contributed by atoms with van der Waals surface area (Å²) in [7, 11) is 0. The minimum Gasteiger partial charge on any atom is -0.360 e. The van der Waals surface area contributed by atoms with Gasteiger partial charge in [0.15, 0.2) is 5.82 Å². The minimum atomic E-state index is -0.791. The predicted molar refractivity (Wildman–Crippen MR) is 113 cm³/mol. The van der Waals surface area contributed by atoms with E-state index in [1.807, 2.05) is 48.5 Å². The Morgan fingerprint density at radius 3 is 1.62 bits per heavy atom. The lowest BCUT2D eigenvalue weighted by Crippen LogP contribution is -2.56. The van der Waals surface area contributed by atoms with Crippen LogP contribution in [0.5, 0.6) is 0 Å². The fourth-order valence-corrected chi connectivity index (χ4v) is 7.65. The van der Waals surface area contributed by atoms with E-state index in [1.165, 1.54) is 4.90 Å². The Labute approximate surface area is 183 Å². The van der Waals surface area contributed by atoms with Crippen molar-refractivity contribution in [3.05, 3.63) is 82.6 Å². The lowest BCUT2D eigenvalue weighted by Gasteiger charge is -2.55. The molecule has 3 aromatic rings. The van der Waals surface area contributed by atoms with E-state index in [0.717, 1.165) is 22.3 Å². The largest absolute Gasteiger partial charge is 0.360 e. The van der Waals surface area contributed by atoms with Gasteiger partial charge < -0.3 is 4.52 Å². The lowest BCUT2D eigenvalue weighted by atomic mass is 9.54. The SMILES string of the molecule is Cc1cc(N2C(=O)[C@@H]3[C@@H](C2=O)C2(Br)c4ccccc4C3(Br)c3ccccc32)no1. The van der Waals surface area contributed by atoms with Gasteiger partial charge in [-0.15, -0.1) is 0 Å². The molecule has 1 aliphatic heterocycles. The molecule has 0 unspecified atom stereocenters. The molecule has 7 rings (SSSR count). The summed E-state index contributed by atoms with van der Waals surface area (Å²) in [5.74, 6) is -0.942. The van der Waals surface area contributed by atoms with Crippen molar-refractivity contribution in [1.29, 1.82) is 0 Å². The summed E-state index contributed by atoms with van der Waals surface area (Å²) in [5.41, 5.74) is 4.04. The highest BCUT2D eigenvalue weighted by Gasteiger charge is 2.72. The van der Waals surface area contributed by atoms with E-state index in [1.54, 1.807) is 13.0 Å². The molecule has 0 spiro atoms. The van der Waals surface area contributed by atoms with E-state index in [2.05, 4.69) is 37.0 Å². The van der Waals surface area contributed by atoms with Crippen molar-refractivity contribution in [2.45, 2.75) is 15.6 Å². The van der Waals surface area contributed by atoms with E-state index in [0.29, 0.717) is 5.76 Å². The first-order valence-electron chi connectivity index (χ1n) is 9.29. The maximum absolute atomic E-state index is 13.7. The second kappa shape index (κ2) is 5.46. The zero-order valence-electron chi connectivity index (χ0n) is 15.2. The van der Waals surface area contributed by atoms with Crippen LogP contribution in [0.2, 0.25) is 0 Å². The Balaban J connectivity index is 1.68. The van der Waals surface area contributed by atoms with Crippen molar-refractivity contribution in [3.63, 3.8) is 0 Å². The molecule has 2 aromatic carbocycles. The average molecular weight is 514 g/mol. The average Bonchev–Trinajstić information content (AvgIpc) is 3.26. The van der Waals surface area contributed by atoms with Crippen molar-refractivity contribution in [2.75, 3.05) is 4.90 Å². The summed E-state index contributed by atoms with van der Waals surface area (Å²) >= 11 is 7.94. The fraction of sp³-hybridized carbons (Fsp3) is 0.227. The smallest absolute Gasteiger partial charge is 0.241 e. The maximum Gasteiger partial charge on any atom is 0.241 e. The number of halogens is 2. The molecule has 0 radical (unpaired) electrons. The van der Waals surface area contributed by atoms with Gasteiger partial charge in [-0.2, -0.15) is 0 Å². The number of amides is 2. The zero-order chi connectivity index (χ0) is 20.1. The molecule has 2 atom stereocenters. The summed E-state index contributed by atoms with van der Waals surface area (Å²) in [4.78, 5) is 28.6. The molecule has 2 heterocycles. The summed E-state index contributed by atoms with van der Waals surface area (Å²) in [5, 5.41) is 3.95. The third kappa shape index (κ3) is 1.84. The Kier molecular flexibility index (Phi) is 3.31. The second-order valence-electron chi connectivity index (χ2n) is 7.78. The molecule has 0 saturated carbocycles. The number of rotatable bonds is 1. The molecule has 5 nitrogen and oxygen atoms in total. The third-order valence-corrected chi connectivity index (χ3v) is 9.13. The number of carbonyl (C=O) groups excluding carboxylic acids is 2. The molecular weight excluding hydrogens is 500 g/mol. The van der Waals surface area contributed by atoms with Gasteiger partial charge in [0.2, 0.25) is 11.8 Å². The Morgan fingerprint density at radius 1 is 0.862 bits per heavy atom. The molecule has 7 heteroatoms. The molecular formula is C22H14Br2N2O3. The molecule has 0 N–H and O–H groups in total. The number of nitrogens with zero attached hydrogens (tertiary/aromatic N) is 2. The second-order valence-corrected chi connectivity index (χ2v) is 10.3. The number of hydrogen-bond acceptors (Lipinski definition) is 4. The third-order valence-electron chi connectivity index (χ3n) is 6.43. The molecule has 3 aliphatic carbocycles. The molecule has 1 saturated heterocycles. The van der Waals surface area contributed by atoms with Gasteiger partial charge in [0.1, 0.15) is 5.76 Å². The summed E-state index contributed by atoms with van der Waals surface area (Å²) < 4.78 is 3.57. The van der Waals surface area contributed by atoms with Crippen LogP contribution in [0, 0.1) is 18.8 Å². The van der Waals surface area contributed by atoms with Gasteiger partial charge in [0, 0.05) is 6.07 Å². The molecule has 2 amide bonds. The van der Waals surface area contributed by atoms with E-state index in [-0.39, 0.29) is 17.6 Å². The summed E-state index contributed by atoms with van der Waals surface area (Å²) in [6.45, 7) is 1.74. The van der Waals surface area contributed by atoms with Gasteiger partial charge in [-0.3, -0.25) is 9.59 Å². The first kappa shape index (κ1) is 17.6. The Hall–Kier alpha value is -2.25. The quantitative estimate of drug-likeness (QED) is 0.357. The molecule has 1 fully saturated rings. The first-order valence-corrected chi connectivity index (χ1v) is 10.9. The molecule has 1 aromatic heterocycles. The fourth-order valence-electron chi connectivity index (χ4n) is 5.35. The number of benzene rings is 2. The highest BCUT2D eigenvalue weighted by Crippen LogP contribution is 2.70. The van der Waals surface area contributed by atoms with Gasteiger partial charge >= 0.3 is 0 Å². The normalized spacial score (nSPS) is 31.6. The number of aryl methyl sites for hydroxylation is 1. The monoisotopic (exact) mass is 512 g/mol. The number of imide groups is 1. The summed E-state index contributed by atoms with van der Waals surface area (Å²) in [6, 6.07) is 17.6. The zero-order valence-corrected chi connectivity index (χ0v) is 18.4. The van der Waals surface area contributed by atoms with Crippen LogP contribution in [0.3, 0.4) is 0 Å². The van der Waals surface area contributed by atoms with Crippen LogP contribution in [0.4, 0.5) is 5.82 Å². The van der Waals surface area contributed by atoms with E-state index in [4.69, 9.17) is 4.52 Å². The molecule has 4 aliphatic rings. The van der Waals surface area contributed by atoms with Crippen LogP contribution in [0.15, 0.2) is 59.1 Å². The first-order chi connectivity index (χ1) is 13.9. The van der Waals surface area contributed by atoms with Gasteiger partial charge in [-0.25, -0.2) is 4.90 Å². The number of aromatic nitrogens is 1. The predicted octanol–water partition coefficient (Wildman–Crippen LogP) is 4.39. The molecule has 29 heavy (non-hydrogen) atoms. The number of hydrogen-bond donors (Lipinski definition) is 0. The van der Waals surface area contributed by atoms with Crippen LogP contribution < -0.4 is 4.90 Å². The van der Waals surface area contributed by atoms with Gasteiger partial charge in [-0.05, 0) is 29.2 Å². The van der Waals surface area contributed by atoms with Gasteiger partial charge in [0.05, 0.1) is 20.5 Å². The van der Waals surface area contributed by atoms with Crippen LogP contribution in [-0.4, -0.2) is 17.0 Å². The van der Waals surface area contributed by atoms with Crippen molar-refractivity contribution in [2.24, 2.45) is 11.8 Å². The maximum atomic E-state index is 13.7. The van der Waals surface area contributed by atoms with Crippen LogP contribution in [0.25, 0.3) is 0 Å². The van der Waals surface area contributed by atoms with Crippen LogP contribution in [-0.2, 0) is 18.2 Å². The number of anilines is 1. The van der Waals surface area contributed by atoms with Crippen LogP contribution >= 0.6 is 31.9 Å². The van der Waals surface area contributed by atoms with E-state index in [9.17, 15) is 9.59 Å². The van der Waals surface area contributed by atoms with Gasteiger partial charge in [0.25, 0.3) is 0 Å². The Morgan fingerprint density at radius 2 is 1.28 bits per heavy atom. The highest BCUT2D eigenvalue weighted by molar-refractivity contribution is 9.10. The topological polar surface area (TPSA) is 63.4 Å². The molecule has 2 bridgehead atoms. The van der Waals surface area contributed by atoms with Crippen molar-refractivity contribution in [3.8, 4) is 0 Å². The van der Waals surface area contributed by atoms with Crippen LogP contribution in [0.1, 0.15) is 28.0 Å². The van der Waals surface area contributed by atoms with Crippen molar-refractivity contribution >= 4 is 49.5 Å². The number of alkyl halides is 2. The number of carbonyl (C=O) groups is 2. The highest BCUT2D eigenvalue weighted by atomic mass is 79.9. The lowest BCUT2D eigenvalue weighted by molar-refractivity contribution is -0.122. The standard InChI is InChI=1S/C22H14Br2N2O3/c1-11-10-16(25-29-11)26-19(27)17-18(20(26)28)22(24)13-7-3-2-6-12(13)21(17,23)14-8-4-5-9-15(14)22/h2-10,17-18H,1H3/t17-,18-,21?,22?/m0/s1. The van der Waals surface area contributed by atoms with Gasteiger partial charge in [-0.1, -0.05) is 85.5 Å². The van der Waals surface area contributed by atoms with Crippen molar-refractivity contribution < 1.29 is 14.1 Å². The van der Waals surface area contributed by atoms with E-state index < -0.39 is 20.5 Å². The Bertz CT molecular complexity index is 1110. The van der Waals surface area contributed by atoms with E-state index >= 15 is 0 Å². The molecule has 144 valence electrons.